The quantitative estimate of drug-likeness (QED) is 0.288. The second kappa shape index (κ2) is 16.1. The summed E-state index contributed by atoms with van der Waals surface area (Å²) in [5, 5.41) is 5.92. The lowest BCUT2D eigenvalue weighted by Gasteiger charge is -2.37. The summed E-state index contributed by atoms with van der Waals surface area (Å²) in [6.07, 6.45) is 1.25. The molecule has 0 aromatic carbocycles. The summed E-state index contributed by atoms with van der Waals surface area (Å²) in [6.45, 7) is 9.50. The van der Waals surface area contributed by atoms with Crippen LogP contribution in [0.3, 0.4) is 0 Å². The van der Waals surface area contributed by atoms with Crippen LogP contribution < -0.4 is 11.0 Å². The number of aryl methyl sites for hydroxylation is 1. The standard InChI is InChI=1S/C25H37FN5O5P.CH4O/c1-16(2)31(17(3)4)37(34-15-7-8-20-9-12-27-13-10-20)36-23-18(5)35-24(22(23)26)30-14-11-21(28-19(6)32)29-25(30)33;1-2/h9-14,16-18,22-24H,7-8,15H2,1-6H3,(H,28,29,32,33);2H,1H3/i5D;2T. The predicted octanol–water partition coefficient (Wildman–Crippen LogP) is 3.84. The molecule has 2 aromatic heterocycles. The molecule has 0 aliphatic carbocycles. The van der Waals surface area contributed by atoms with Crippen LogP contribution in [-0.4, -0.2) is 75.8 Å². The lowest BCUT2D eigenvalue weighted by molar-refractivity contribution is -0.114. The predicted molar refractivity (Wildman–Crippen MR) is 148 cm³/mol. The van der Waals surface area contributed by atoms with Gasteiger partial charge < -0.3 is 24.2 Å². The van der Waals surface area contributed by atoms with E-state index in [1.54, 1.807) is 12.4 Å². The van der Waals surface area contributed by atoms with Crippen LogP contribution in [0.1, 0.15) is 61.1 Å². The number of halogens is 1. The van der Waals surface area contributed by atoms with Gasteiger partial charge >= 0.3 is 5.69 Å². The second-order valence-electron chi connectivity index (χ2n) is 9.36. The van der Waals surface area contributed by atoms with Gasteiger partial charge in [-0.3, -0.25) is 14.3 Å². The fraction of sp³-hybridized carbons (Fsp3) is 0.615. The Morgan fingerprint density at radius 1 is 1.36 bits per heavy atom. The van der Waals surface area contributed by atoms with Crippen molar-refractivity contribution in [1.29, 1.82) is 1.43 Å². The molecule has 218 valence electrons. The van der Waals surface area contributed by atoms with Crippen LogP contribution in [0.2, 0.25) is 0 Å². The van der Waals surface area contributed by atoms with Gasteiger partial charge in [-0.25, -0.2) is 13.9 Å². The molecule has 1 aliphatic rings. The number of carbonyl (C=O) groups is 1. The summed E-state index contributed by atoms with van der Waals surface area (Å²) in [5.41, 5.74) is 0.362. The molecule has 0 bridgehead atoms. The van der Waals surface area contributed by atoms with Crippen molar-refractivity contribution in [3.05, 3.63) is 52.8 Å². The first kappa shape index (κ1) is 29.6. The van der Waals surface area contributed by atoms with E-state index >= 15 is 4.39 Å². The number of aromatic nitrogens is 3. The Morgan fingerprint density at radius 2 is 2.03 bits per heavy atom. The Kier molecular flexibility index (Phi) is 12.2. The zero-order valence-electron chi connectivity index (χ0n) is 25.3. The van der Waals surface area contributed by atoms with Crippen molar-refractivity contribution >= 4 is 20.3 Å². The highest BCUT2D eigenvalue weighted by molar-refractivity contribution is 7.44. The molecule has 5 unspecified atom stereocenters. The van der Waals surface area contributed by atoms with Crippen molar-refractivity contribution in [2.24, 2.45) is 0 Å². The van der Waals surface area contributed by atoms with Crippen LogP contribution in [-0.2, 0) is 25.0 Å². The molecule has 3 rings (SSSR count). The molecule has 2 N–H and O–H groups in total. The van der Waals surface area contributed by atoms with E-state index in [0.717, 1.165) is 23.0 Å². The fourth-order valence-corrected chi connectivity index (χ4v) is 5.90. The Balaban J connectivity index is 0.00000187. The van der Waals surface area contributed by atoms with Crippen LogP contribution in [0.5, 0.6) is 0 Å². The normalized spacial score (nSPS) is 22.3. The lowest BCUT2D eigenvalue weighted by Crippen LogP contribution is -2.38. The average molecular weight is 573 g/mol. The number of pyridine rings is 1. The molecule has 13 heteroatoms. The van der Waals surface area contributed by atoms with E-state index in [-0.39, 0.29) is 30.7 Å². The number of nitrogens with zero attached hydrogens (tertiary/aromatic N) is 4. The maximum Gasteiger partial charge on any atom is 0.351 e. The van der Waals surface area contributed by atoms with Crippen molar-refractivity contribution in [3.63, 3.8) is 0 Å². The first-order valence-electron chi connectivity index (χ1n) is 13.9. The molecule has 1 fully saturated rings. The smallest absolute Gasteiger partial charge is 0.351 e. The second-order valence-corrected chi connectivity index (χ2v) is 10.8. The number of aliphatic hydroxyl groups excluding tert-OH is 1. The summed E-state index contributed by atoms with van der Waals surface area (Å²) in [6, 6.07) is 5.41. The number of ether oxygens (including phenoxy) is 1. The molecular weight excluding hydrogens is 528 g/mol. The van der Waals surface area contributed by atoms with E-state index in [0.29, 0.717) is 6.61 Å². The molecule has 1 aliphatic heterocycles. The molecule has 1 saturated heterocycles. The molecule has 5 atom stereocenters. The molecule has 11 nitrogen and oxygen atoms in total. The lowest BCUT2D eigenvalue weighted by atomic mass is 10.1. The summed E-state index contributed by atoms with van der Waals surface area (Å²) in [7, 11) is -0.405. The topological polar surface area (TPSA) is 128 Å². The minimum atomic E-state index is -1.75. The fourth-order valence-electron chi connectivity index (χ4n) is 4.10. The number of alkyl halides is 1. The van der Waals surface area contributed by atoms with E-state index in [1.807, 2.05) is 39.8 Å². The highest BCUT2D eigenvalue weighted by Crippen LogP contribution is 2.50. The molecule has 1 amide bonds. The van der Waals surface area contributed by atoms with Gasteiger partial charge in [-0.15, -0.1) is 0 Å². The van der Waals surface area contributed by atoms with Gasteiger partial charge in [0.2, 0.25) is 7.34 Å². The van der Waals surface area contributed by atoms with Gasteiger partial charge in [0.15, 0.2) is 12.4 Å². The van der Waals surface area contributed by atoms with Gasteiger partial charge in [0, 0.05) is 46.1 Å². The van der Waals surface area contributed by atoms with Crippen molar-refractivity contribution in [2.45, 2.75) is 91.1 Å². The molecule has 2 aromatic rings. The van der Waals surface area contributed by atoms with Crippen molar-refractivity contribution < 1.29 is 29.4 Å². The van der Waals surface area contributed by atoms with Gasteiger partial charge in [0.05, 0.1) is 12.7 Å². The highest BCUT2D eigenvalue weighted by Gasteiger charge is 2.48. The number of anilines is 1. The Labute approximate surface area is 233 Å². The van der Waals surface area contributed by atoms with E-state index in [4.69, 9.17) is 16.6 Å². The van der Waals surface area contributed by atoms with Crippen LogP contribution in [0.4, 0.5) is 10.2 Å². The van der Waals surface area contributed by atoms with Crippen molar-refractivity contribution in [3.8, 4) is 0 Å². The number of hydrogen-bond donors (Lipinski definition) is 2. The number of aliphatic hydroxyl groups is 1. The Morgan fingerprint density at radius 3 is 2.59 bits per heavy atom. The van der Waals surface area contributed by atoms with Gasteiger partial charge in [0.25, 0.3) is 8.53 Å². The largest absolute Gasteiger partial charge is 0.400 e. The van der Waals surface area contributed by atoms with Crippen LogP contribution in [0, 0.1) is 0 Å². The number of nitrogens with one attached hydrogen (secondary N) is 1. The molecular formula is C26H41FN5O6P. The summed E-state index contributed by atoms with van der Waals surface area (Å²) < 4.78 is 50.8. The zero-order chi connectivity index (χ0) is 30.5. The minimum absolute atomic E-state index is 0.0556. The number of hydrogen-bond acceptors (Lipinski definition) is 9. The summed E-state index contributed by atoms with van der Waals surface area (Å²) in [5.74, 6) is -0.322. The molecule has 0 spiro atoms. The zero-order valence-corrected chi connectivity index (χ0v) is 24.2. The molecule has 39 heavy (non-hydrogen) atoms. The van der Waals surface area contributed by atoms with Gasteiger partial charge in [-0.2, -0.15) is 4.98 Å². The molecule has 3 heterocycles. The third kappa shape index (κ3) is 9.37. The number of carbonyl (C=O) groups excluding carboxylic acids is 1. The Bertz CT molecular complexity index is 1110. The summed E-state index contributed by atoms with van der Waals surface area (Å²) >= 11 is 0. The summed E-state index contributed by atoms with van der Waals surface area (Å²) in [4.78, 5) is 31.7. The average Bonchev–Trinajstić information content (AvgIpc) is 3.21. The first-order chi connectivity index (χ1) is 19.5. The van der Waals surface area contributed by atoms with Crippen LogP contribution in [0.25, 0.3) is 0 Å². The third-order valence-electron chi connectivity index (χ3n) is 5.69. The number of amides is 1. The van der Waals surface area contributed by atoms with Gasteiger partial charge in [0.1, 0.15) is 11.9 Å². The van der Waals surface area contributed by atoms with Crippen LogP contribution >= 0.6 is 8.53 Å². The third-order valence-corrected chi connectivity index (χ3v) is 7.82. The highest BCUT2D eigenvalue weighted by atomic mass is 31.2. The van der Waals surface area contributed by atoms with E-state index in [2.05, 4.69) is 25.1 Å². The molecule has 0 saturated carbocycles. The van der Waals surface area contributed by atoms with E-state index in [9.17, 15) is 9.59 Å². The van der Waals surface area contributed by atoms with E-state index in [1.165, 1.54) is 26.3 Å². The van der Waals surface area contributed by atoms with Gasteiger partial charge in [-0.05, 0) is 71.2 Å². The Hall–Kier alpha value is -2.34. The minimum Gasteiger partial charge on any atom is -0.400 e. The number of rotatable bonds is 12. The maximum atomic E-state index is 15.8. The maximum absolute atomic E-state index is 15.8. The van der Waals surface area contributed by atoms with Crippen molar-refractivity contribution in [2.75, 3.05) is 19.0 Å². The molecule has 0 radical (unpaired) electrons. The van der Waals surface area contributed by atoms with Crippen molar-refractivity contribution in [1.82, 2.24) is 19.2 Å². The van der Waals surface area contributed by atoms with Gasteiger partial charge in [-0.1, -0.05) is 0 Å². The SMILES string of the molecule is [2H]CC1OC(n2ccc(NC(C)=O)nc2=O)C(F)C1OP(OCCCc1ccncc1)N(C(C)C)C(C)C.[3H]OC. The first-order valence-corrected chi connectivity index (χ1v) is 13.9. The van der Waals surface area contributed by atoms with E-state index < -0.39 is 38.8 Å². The monoisotopic (exact) mass is 572 g/mol. The van der Waals surface area contributed by atoms with Crippen LogP contribution in [0.15, 0.2) is 41.6 Å².